The van der Waals surface area contributed by atoms with Crippen molar-refractivity contribution < 1.29 is 14.1 Å². The van der Waals surface area contributed by atoms with E-state index >= 15 is 0 Å². The third-order valence-electron chi connectivity index (χ3n) is 18.3. The first-order valence-electron chi connectivity index (χ1n) is 37.0. The first kappa shape index (κ1) is 74.5. The normalized spacial score (nSPS) is 12.0. The molecule has 3 aromatic rings. The molecule has 0 aliphatic carbocycles. The average molecular weight is 1170 g/mol. The molecular weight excluding hydrogens is 1030 g/mol. The molecule has 0 unspecified atom stereocenters. The van der Waals surface area contributed by atoms with Crippen molar-refractivity contribution in [3.63, 3.8) is 0 Å². The van der Waals surface area contributed by atoms with Crippen LogP contribution in [-0.4, -0.2) is 11.3 Å². The molecule has 3 aromatic carbocycles. The highest BCUT2D eigenvalue weighted by atomic mass is 32.3. The van der Waals surface area contributed by atoms with E-state index in [1.165, 1.54) is 326 Å². The number of rotatable bonds is 58. The number of carbonyl (C=O) groups is 1. The fourth-order valence-electron chi connectivity index (χ4n) is 13.3. The van der Waals surface area contributed by atoms with Gasteiger partial charge in [0.25, 0.3) is 0 Å². The lowest BCUT2D eigenvalue weighted by atomic mass is 9.94. The highest BCUT2D eigenvalue weighted by molar-refractivity contribution is 8.30. The SMILES string of the molecule is CCCCCCCCCCc1cc(CCCCCCCCCC)c(S(OC(=O)O)(c2ccccc2)c2c(CCCCCCCCCC)cc(CCCCCCCCCC)cc2CCCCCCCCCC)c(CCCCCCCCCC)c1. The van der Waals surface area contributed by atoms with Crippen LogP contribution in [0.15, 0.2) is 69.3 Å². The Balaban J connectivity index is 2.42. The van der Waals surface area contributed by atoms with Crippen molar-refractivity contribution in [3.05, 3.63) is 88.0 Å². The molecule has 0 atom stereocenters. The van der Waals surface area contributed by atoms with Gasteiger partial charge in [-0.1, -0.05) is 354 Å². The van der Waals surface area contributed by atoms with E-state index in [1.807, 2.05) is 0 Å². The van der Waals surface area contributed by atoms with E-state index in [9.17, 15) is 9.90 Å². The van der Waals surface area contributed by atoms with E-state index in [1.54, 1.807) is 0 Å². The van der Waals surface area contributed by atoms with Crippen molar-refractivity contribution in [2.45, 2.75) is 403 Å². The van der Waals surface area contributed by atoms with Crippen LogP contribution in [0, 0.1) is 0 Å². The number of unbranched alkanes of at least 4 members (excludes halogenated alkanes) is 42. The summed E-state index contributed by atoms with van der Waals surface area (Å²) in [5.41, 5.74) is 8.51. The van der Waals surface area contributed by atoms with E-state index < -0.39 is 16.5 Å². The van der Waals surface area contributed by atoms with Crippen LogP contribution < -0.4 is 0 Å². The summed E-state index contributed by atoms with van der Waals surface area (Å²) in [6.07, 6.45) is 67.1. The zero-order valence-electron chi connectivity index (χ0n) is 56.1. The molecule has 0 heterocycles. The van der Waals surface area contributed by atoms with Gasteiger partial charge < -0.3 is 9.29 Å². The van der Waals surface area contributed by atoms with Crippen molar-refractivity contribution in [1.82, 2.24) is 0 Å². The molecule has 0 fully saturated rings. The molecule has 0 bridgehead atoms. The first-order valence-corrected chi connectivity index (χ1v) is 38.6. The van der Waals surface area contributed by atoms with Gasteiger partial charge in [-0.25, -0.2) is 4.79 Å². The number of hydrogen-bond donors (Lipinski definition) is 1. The van der Waals surface area contributed by atoms with Crippen molar-refractivity contribution in [2.75, 3.05) is 0 Å². The second kappa shape index (κ2) is 51.3. The van der Waals surface area contributed by atoms with Gasteiger partial charge in [-0.2, -0.15) is 0 Å². The van der Waals surface area contributed by atoms with Gasteiger partial charge in [0, 0.05) is 14.7 Å². The van der Waals surface area contributed by atoms with Crippen LogP contribution in [0.4, 0.5) is 4.79 Å². The molecule has 0 saturated carbocycles. The largest absolute Gasteiger partial charge is 0.517 e. The lowest BCUT2D eigenvalue weighted by molar-refractivity contribution is 0.150. The number of carboxylic acid groups (broad SMARTS) is 1. The highest BCUT2D eigenvalue weighted by Crippen LogP contribution is 2.73. The van der Waals surface area contributed by atoms with Crippen LogP contribution >= 0.6 is 10.3 Å². The smallest absolute Gasteiger partial charge is 0.449 e. The molecule has 0 spiro atoms. The van der Waals surface area contributed by atoms with E-state index in [-0.39, 0.29) is 0 Å². The number of hydrogen-bond acceptors (Lipinski definition) is 2. The minimum atomic E-state index is -2.80. The van der Waals surface area contributed by atoms with E-state index in [4.69, 9.17) is 4.18 Å². The fraction of sp³-hybridized carbons (Fsp3) is 0.759. The van der Waals surface area contributed by atoms with E-state index in [0.29, 0.717) is 0 Å². The average Bonchev–Trinajstić information content (AvgIpc) is 2.42. The van der Waals surface area contributed by atoms with Crippen LogP contribution in [0.1, 0.15) is 383 Å². The summed E-state index contributed by atoms with van der Waals surface area (Å²) in [4.78, 5) is 17.9. The maximum Gasteiger partial charge on any atom is 0.517 e. The van der Waals surface area contributed by atoms with Gasteiger partial charge in [-0.05, 0) is 133 Å². The Hall–Kier alpha value is -2.72. The summed E-state index contributed by atoms with van der Waals surface area (Å²) in [6.45, 7) is 13.9. The first-order chi connectivity index (χ1) is 40.9. The van der Waals surface area contributed by atoms with Gasteiger partial charge in [-0.3, -0.25) is 0 Å². The predicted molar refractivity (Wildman–Crippen MR) is 369 cm³/mol. The monoisotopic (exact) mass is 1170 g/mol. The van der Waals surface area contributed by atoms with Crippen LogP contribution in [0.3, 0.4) is 0 Å². The van der Waals surface area contributed by atoms with Gasteiger partial charge in [0.15, 0.2) is 0 Å². The second-order valence-corrected chi connectivity index (χ2v) is 28.6. The summed E-state index contributed by atoms with van der Waals surface area (Å²) in [6, 6.07) is 21.5. The van der Waals surface area contributed by atoms with Gasteiger partial charge >= 0.3 is 6.16 Å². The maximum atomic E-state index is 14.3. The summed E-state index contributed by atoms with van der Waals surface area (Å²) in [5, 5.41) is 11.7. The molecule has 0 saturated heterocycles. The maximum absolute atomic E-state index is 14.3. The Labute approximate surface area is 518 Å². The second-order valence-electron chi connectivity index (χ2n) is 26.1. The minimum absolute atomic E-state index is 0.974. The standard InChI is InChI=1S/C79H136O3S/c1-7-13-19-25-31-37-43-50-58-70-66-72(60-52-45-39-33-27-21-15-9-3)77(73(67-70)61-53-46-40-34-28-22-16-10-4)83(82-79(80)81,76-64-56-49-57-65-76)78-74(62-54-47-41-35-29-23-17-11-5)68-71(59-51-44-38-32-26-20-14-8-2)69-75(78)63-55-48-42-36-30-24-18-12-6/h49,56-57,64-69H,7-48,50-55,58-63H2,1-6H3,(H,80,81). The lowest BCUT2D eigenvalue weighted by Crippen LogP contribution is -2.19. The fourth-order valence-corrected chi connectivity index (χ4v) is 17.1. The number of benzene rings is 3. The van der Waals surface area contributed by atoms with Crippen LogP contribution in [0.5, 0.6) is 0 Å². The topological polar surface area (TPSA) is 46.5 Å². The minimum Gasteiger partial charge on any atom is -0.449 e. The Kier molecular flexibility index (Phi) is 46.1. The van der Waals surface area contributed by atoms with E-state index in [2.05, 4.69) is 96.1 Å². The molecule has 4 heteroatoms. The Morgan fingerprint density at radius 3 is 0.723 bits per heavy atom. The van der Waals surface area contributed by atoms with Gasteiger partial charge in [0.05, 0.1) is 0 Å². The molecule has 1 N–H and O–H groups in total. The lowest BCUT2D eigenvalue weighted by Gasteiger charge is -2.44. The molecule has 0 radical (unpaired) electrons. The van der Waals surface area contributed by atoms with Crippen molar-refractivity contribution >= 4 is 16.5 Å². The summed E-state index contributed by atoms with van der Waals surface area (Å²) < 4.78 is 7.27. The molecule has 0 amide bonds. The zero-order valence-corrected chi connectivity index (χ0v) is 56.9. The number of aryl methyl sites for hydroxylation is 6. The van der Waals surface area contributed by atoms with Gasteiger partial charge in [-0.15, -0.1) is 0 Å². The molecule has 0 aliphatic heterocycles. The van der Waals surface area contributed by atoms with Crippen molar-refractivity contribution in [3.8, 4) is 0 Å². The third-order valence-corrected chi connectivity index (χ3v) is 21.8. The van der Waals surface area contributed by atoms with Crippen LogP contribution in [0.25, 0.3) is 0 Å². The molecule has 0 aliphatic rings. The van der Waals surface area contributed by atoms with Crippen molar-refractivity contribution in [1.29, 1.82) is 0 Å². The quantitative estimate of drug-likeness (QED) is 0.0573. The molecule has 3 rings (SSSR count). The van der Waals surface area contributed by atoms with Gasteiger partial charge in [0.2, 0.25) is 0 Å². The van der Waals surface area contributed by atoms with E-state index in [0.717, 1.165) is 69.1 Å². The van der Waals surface area contributed by atoms with Crippen LogP contribution in [-0.2, 0) is 42.7 Å². The Morgan fingerprint density at radius 2 is 0.506 bits per heavy atom. The molecule has 83 heavy (non-hydrogen) atoms. The summed E-state index contributed by atoms with van der Waals surface area (Å²) >= 11 is 0. The molecular formula is C79H136O3S. The summed E-state index contributed by atoms with van der Waals surface area (Å²) in [5.74, 6) is 0. The molecule has 476 valence electrons. The zero-order chi connectivity index (χ0) is 59.5. The Bertz CT molecular complexity index is 1780. The molecule has 0 aromatic heterocycles. The van der Waals surface area contributed by atoms with Crippen LogP contribution in [0.2, 0.25) is 0 Å². The predicted octanol–water partition coefficient (Wildman–Crippen LogP) is 27.7. The molecule has 3 nitrogen and oxygen atoms in total. The third kappa shape index (κ3) is 32.7. The van der Waals surface area contributed by atoms with Gasteiger partial charge in [0.1, 0.15) is 0 Å². The summed E-state index contributed by atoms with van der Waals surface area (Å²) in [7, 11) is -2.80. The Morgan fingerprint density at radius 1 is 0.301 bits per heavy atom. The highest BCUT2D eigenvalue weighted by Gasteiger charge is 2.42. The van der Waals surface area contributed by atoms with Crippen molar-refractivity contribution in [2.24, 2.45) is 0 Å².